The number of rotatable bonds is 0. The van der Waals surface area contributed by atoms with Crippen LogP contribution in [0.3, 0.4) is 0 Å². The smallest absolute Gasteiger partial charge is 0.0159 e. The van der Waals surface area contributed by atoms with Crippen LogP contribution in [-0.2, 0) is 21.7 Å². The molecule has 9 aromatic carbocycles. The zero-order valence-corrected chi connectivity index (χ0v) is 34.5. The average molecular weight is 723 g/mol. The second-order valence-corrected chi connectivity index (χ2v) is 20.3. The Balaban J connectivity index is 1.24. The van der Waals surface area contributed by atoms with E-state index in [0.717, 1.165) is 0 Å². The molecule has 0 heterocycles. The molecule has 0 aliphatic heterocycles. The largest absolute Gasteiger partial charge is 0.0616 e. The summed E-state index contributed by atoms with van der Waals surface area (Å²) in [4.78, 5) is 0. The molecular formula is C56H50. The van der Waals surface area contributed by atoms with E-state index in [2.05, 4.69) is 191 Å². The first-order valence-corrected chi connectivity index (χ1v) is 20.6. The first-order chi connectivity index (χ1) is 26.5. The Hall–Kier alpha value is -5.46. The van der Waals surface area contributed by atoms with Gasteiger partial charge in [0, 0.05) is 10.8 Å². The molecule has 9 aromatic rings. The second kappa shape index (κ2) is 10.7. The highest BCUT2D eigenvalue weighted by Gasteiger charge is 2.40. The van der Waals surface area contributed by atoms with E-state index in [1.807, 2.05) is 0 Å². The zero-order chi connectivity index (χ0) is 38.8. The minimum Gasteiger partial charge on any atom is -0.0616 e. The van der Waals surface area contributed by atoms with Crippen molar-refractivity contribution in [3.05, 3.63) is 155 Å². The van der Waals surface area contributed by atoms with Crippen LogP contribution in [0.5, 0.6) is 0 Å². The summed E-state index contributed by atoms with van der Waals surface area (Å²) in [6.45, 7) is 24.3. The van der Waals surface area contributed by atoms with Gasteiger partial charge in [0.05, 0.1) is 0 Å². The van der Waals surface area contributed by atoms with Gasteiger partial charge in [0.1, 0.15) is 0 Å². The highest BCUT2D eigenvalue weighted by molar-refractivity contribution is 6.13. The van der Waals surface area contributed by atoms with Crippen molar-refractivity contribution in [2.45, 2.75) is 90.9 Å². The lowest BCUT2D eigenvalue weighted by atomic mass is 9.71. The van der Waals surface area contributed by atoms with Crippen molar-refractivity contribution >= 4 is 64.6 Å². The molecule has 274 valence electrons. The van der Waals surface area contributed by atoms with E-state index in [-0.39, 0.29) is 21.7 Å². The fourth-order valence-corrected chi connectivity index (χ4v) is 11.2. The van der Waals surface area contributed by atoms with Gasteiger partial charge in [0.2, 0.25) is 0 Å². The molecule has 0 saturated carbocycles. The van der Waals surface area contributed by atoms with Crippen molar-refractivity contribution < 1.29 is 0 Å². The number of hydrogen-bond acceptors (Lipinski definition) is 0. The van der Waals surface area contributed by atoms with Crippen LogP contribution in [0.25, 0.3) is 86.9 Å². The lowest BCUT2D eigenvalue weighted by Gasteiger charge is -2.32. The Labute approximate surface area is 331 Å². The number of benzene rings is 9. The highest BCUT2D eigenvalue weighted by atomic mass is 14.4. The number of fused-ring (bicyclic) bond motifs is 12. The second-order valence-electron chi connectivity index (χ2n) is 20.3. The molecule has 0 aromatic heterocycles. The van der Waals surface area contributed by atoms with E-state index in [0.29, 0.717) is 0 Å². The molecule has 0 fully saturated rings. The summed E-state index contributed by atoms with van der Waals surface area (Å²) in [7, 11) is 0. The van der Waals surface area contributed by atoms with Crippen molar-refractivity contribution in [1.82, 2.24) is 0 Å². The van der Waals surface area contributed by atoms with Gasteiger partial charge >= 0.3 is 0 Å². The maximum absolute atomic E-state index is 2.62. The molecule has 0 atom stereocenters. The number of hydrogen-bond donors (Lipinski definition) is 0. The van der Waals surface area contributed by atoms with Gasteiger partial charge in [-0.05, 0) is 204 Å². The quantitative estimate of drug-likeness (QED) is 0.137. The fraction of sp³-hybridized carbons (Fsp3) is 0.250. The Morgan fingerprint density at radius 3 is 0.893 bits per heavy atom. The molecule has 0 radical (unpaired) electrons. The summed E-state index contributed by atoms with van der Waals surface area (Å²) < 4.78 is 0. The normalized spacial score (nSPS) is 15.6. The summed E-state index contributed by atoms with van der Waals surface area (Å²) in [6.07, 6.45) is 0. The van der Waals surface area contributed by atoms with Crippen LogP contribution in [0.4, 0.5) is 0 Å². The van der Waals surface area contributed by atoms with Gasteiger partial charge in [-0.15, -0.1) is 0 Å². The predicted octanol–water partition coefficient (Wildman–Crippen LogP) is 15.8. The standard InChI is InChI=1S/C56H50/c1-53(2,3)51-43-27-41-39-23-35-19-31-15-11-13-17-33(31)21-37(35)25-47(39)56(9,10)50(41)30-46(43)52(54(4,5)6)44-28-42-40-24-36-20-32-16-12-14-18-34(32)22-38(36)26-48(40)55(7,8)49(42)29-45(44)51/h11-30H,1-10H3. The molecular weight excluding hydrogens is 673 g/mol. The van der Waals surface area contributed by atoms with Gasteiger partial charge in [-0.2, -0.15) is 0 Å². The molecule has 0 bridgehead atoms. The maximum atomic E-state index is 2.62. The molecule has 11 rings (SSSR count). The van der Waals surface area contributed by atoms with Crippen LogP contribution in [0.1, 0.15) is 103 Å². The first kappa shape index (κ1) is 33.8. The SMILES string of the molecule is CC(C)(C)c1c2cc3c(cc2c(C(C)(C)C)c2cc4c(cc12)C(C)(C)c1cc2cc5ccccc5cc2cc1-4)C(C)(C)c1cc2cc4ccccc4cc2cc1-3. The van der Waals surface area contributed by atoms with Crippen LogP contribution in [0.2, 0.25) is 0 Å². The first-order valence-electron chi connectivity index (χ1n) is 20.6. The van der Waals surface area contributed by atoms with Crippen LogP contribution in [-0.4, -0.2) is 0 Å². The van der Waals surface area contributed by atoms with E-state index in [1.54, 1.807) is 0 Å². The topological polar surface area (TPSA) is 0 Å². The summed E-state index contributed by atoms with van der Waals surface area (Å²) >= 11 is 0. The van der Waals surface area contributed by atoms with Gasteiger partial charge in [0.15, 0.2) is 0 Å². The van der Waals surface area contributed by atoms with Gasteiger partial charge in [-0.1, -0.05) is 118 Å². The molecule has 0 nitrogen and oxygen atoms in total. The van der Waals surface area contributed by atoms with Gasteiger partial charge in [-0.25, -0.2) is 0 Å². The predicted molar refractivity (Wildman–Crippen MR) is 244 cm³/mol. The molecule has 0 spiro atoms. The van der Waals surface area contributed by atoms with Crippen molar-refractivity contribution in [3.63, 3.8) is 0 Å². The summed E-state index contributed by atoms with van der Waals surface area (Å²) in [5, 5.41) is 16.1. The Morgan fingerprint density at radius 1 is 0.304 bits per heavy atom. The molecule has 56 heavy (non-hydrogen) atoms. The van der Waals surface area contributed by atoms with E-state index < -0.39 is 0 Å². The van der Waals surface area contributed by atoms with E-state index >= 15 is 0 Å². The van der Waals surface area contributed by atoms with Crippen LogP contribution in [0, 0.1) is 0 Å². The van der Waals surface area contributed by atoms with Gasteiger partial charge < -0.3 is 0 Å². The van der Waals surface area contributed by atoms with E-state index in [4.69, 9.17) is 0 Å². The molecule has 0 N–H and O–H groups in total. The molecule has 2 aliphatic rings. The lowest BCUT2D eigenvalue weighted by Crippen LogP contribution is -2.20. The third-order valence-electron chi connectivity index (χ3n) is 13.8. The molecule has 0 amide bonds. The van der Waals surface area contributed by atoms with E-state index in [9.17, 15) is 0 Å². The minimum absolute atomic E-state index is 0.0843. The summed E-state index contributed by atoms with van der Waals surface area (Å²) in [6, 6.07) is 47.5. The lowest BCUT2D eigenvalue weighted by molar-refractivity contribution is 0.592. The minimum atomic E-state index is -0.128. The van der Waals surface area contributed by atoms with Crippen molar-refractivity contribution in [2.75, 3.05) is 0 Å². The molecule has 0 saturated heterocycles. The molecule has 2 aliphatic carbocycles. The monoisotopic (exact) mass is 722 g/mol. The summed E-state index contributed by atoms with van der Waals surface area (Å²) in [5.41, 5.74) is 13.8. The van der Waals surface area contributed by atoms with Crippen molar-refractivity contribution in [3.8, 4) is 22.3 Å². The molecule has 0 heteroatoms. The third-order valence-corrected chi connectivity index (χ3v) is 13.8. The van der Waals surface area contributed by atoms with Crippen LogP contribution < -0.4 is 0 Å². The summed E-state index contributed by atoms with van der Waals surface area (Å²) in [5.74, 6) is 0. The highest BCUT2D eigenvalue weighted by Crippen LogP contribution is 2.57. The fourth-order valence-electron chi connectivity index (χ4n) is 11.2. The van der Waals surface area contributed by atoms with Gasteiger partial charge in [0.25, 0.3) is 0 Å². The van der Waals surface area contributed by atoms with Crippen LogP contribution >= 0.6 is 0 Å². The van der Waals surface area contributed by atoms with Gasteiger partial charge in [-0.3, -0.25) is 0 Å². The van der Waals surface area contributed by atoms with Crippen molar-refractivity contribution in [2.24, 2.45) is 0 Å². The Morgan fingerprint density at radius 2 is 0.571 bits per heavy atom. The molecule has 0 unspecified atom stereocenters. The zero-order valence-electron chi connectivity index (χ0n) is 34.5. The third kappa shape index (κ3) is 4.48. The van der Waals surface area contributed by atoms with Crippen molar-refractivity contribution in [1.29, 1.82) is 0 Å². The Bertz CT molecular complexity index is 3020. The van der Waals surface area contributed by atoms with E-state index in [1.165, 1.54) is 120 Å². The van der Waals surface area contributed by atoms with Crippen LogP contribution in [0.15, 0.2) is 121 Å². The Kier molecular flexibility index (Phi) is 6.45. The maximum Gasteiger partial charge on any atom is 0.0159 e. The average Bonchev–Trinajstić information content (AvgIpc) is 3.48.